The van der Waals surface area contributed by atoms with Crippen molar-refractivity contribution in [1.82, 2.24) is 4.98 Å². The summed E-state index contributed by atoms with van der Waals surface area (Å²) in [7, 11) is 0. The van der Waals surface area contributed by atoms with Crippen molar-refractivity contribution in [3.8, 4) is 0 Å². The summed E-state index contributed by atoms with van der Waals surface area (Å²) >= 11 is 4.89. The molecular weight excluding hydrogens is 338 g/mol. The Morgan fingerprint density at radius 3 is 3.15 bits per heavy atom. The quantitative estimate of drug-likeness (QED) is 0.873. The molecule has 1 atom stereocenters. The van der Waals surface area contributed by atoms with Crippen LogP contribution in [-0.2, 0) is 12.8 Å². The van der Waals surface area contributed by atoms with E-state index in [9.17, 15) is 4.79 Å². The van der Waals surface area contributed by atoms with Gasteiger partial charge in [0.2, 0.25) is 0 Å². The van der Waals surface area contributed by atoms with Crippen LogP contribution in [0.4, 0.5) is 5.13 Å². The van der Waals surface area contributed by atoms with E-state index in [0.717, 1.165) is 29.4 Å². The Morgan fingerprint density at radius 1 is 1.50 bits per heavy atom. The average molecular weight is 352 g/mol. The first kappa shape index (κ1) is 13.7. The van der Waals surface area contributed by atoms with Gasteiger partial charge in [-0.3, -0.25) is 10.1 Å². The molecule has 0 spiro atoms. The van der Waals surface area contributed by atoms with Gasteiger partial charge in [0, 0.05) is 21.0 Å². The number of anilines is 1. The van der Waals surface area contributed by atoms with Crippen molar-refractivity contribution >= 4 is 38.3 Å². The number of nitrogens with zero attached hydrogens (tertiary/aromatic N) is 1. The van der Waals surface area contributed by atoms with Crippen LogP contribution < -0.4 is 11.1 Å². The molecule has 1 heterocycles. The Hall–Kier alpha value is -1.24. The van der Waals surface area contributed by atoms with E-state index in [2.05, 4.69) is 26.2 Å². The number of thiazole rings is 1. The predicted octanol–water partition coefficient (Wildman–Crippen LogP) is 2.97. The van der Waals surface area contributed by atoms with Crippen molar-refractivity contribution in [2.45, 2.75) is 25.3 Å². The van der Waals surface area contributed by atoms with Gasteiger partial charge in [-0.25, -0.2) is 4.98 Å². The Morgan fingerprint density at radius 2 is 2.35 bits per heavy atom. The molecule has 104 valence electrons. The highest BCUT2D eigenvalue weighted by molar-refractivity contribution is 9.10. The Balaban J connectivity index is 1.77. The van der Waals surface area contributed by atoms with Gasteiger partial charge in [0.1, 0.15) is 0 Å². The van der Waals surface area contributed by atoms with Crippen LogP contribution in [0.15, 0.2) is 28.7 Å². The van der Waals surface area contributed by atoms with Gasteiger partial charge < -0.3 is 5.73 Å². The molecular formula is C14H14BrN3OS. The third kappa shape index (κ3) is 2.92. The summed E-state index contributed by atoms with van der Waals surface area (Å²) in [6.45, 7) is 0. The lowest BCUT2D eigenvalue weighted by Crippen LogP contribution is -2.27. The van der Waals surface area contributed by atoms with Gasteiger partial charge >= 0.3 is 0 Å². The Labute approximate surface area is 129 Å². The van der Waals surface area contributed by atoms with E-state index in [1.165, 1.54) is 16.2 Å². The summed E-state index contributed by atoms with van der Waals surface area (Å²) in [6, 6.07) is 7.52. The molecule has 1 amide bonds. The monoisotopic (exact) mass is 351 g/mol. The highest BCUT2D eigenvalue weighted by Gasteiger charge is 2.20. The highest BCUT2D eigenvalue weighted by atomic mass is 79.9. The lowest BCUT2D eigenvalue weighted by atomic mass is 9.99. The summed E-state index contributed by atoms with van der Waals surface area (Å²) in [4.78, 5) is 17.8. The molecule has 0 fully saturated rings. The normalized spacial score (nSPS) is 17.6. The van der Waals surface area contributed by atoms with E-state index in [1.54, 1.807) is 12.1 Å². The zero-order valence-corrected chi connectivity index (χ0v) is 13.1. The highest BCUT2D eigenvalue weighted by Crippen LogP contribution is 2.29. The van der Waals surface area contributed by atoms with Crippen LogP contribution in [-0.4, -0.2) is 16.9 Å². The lowest BCUT2D eigenvalue weighted by molar-refractivity contribution is 0.102. The van der Waals surface area contributed by atoms with Crippen LogP contribution in [0.3, 0.4) is 0 Å². The molecule has 3 N–H and O–H groups in total. The zero-order chi connectivity index (χ0) is 14.1. The number of fused-ring (bicyclic) bond motifs is 1. The molecule has 1 aliphatic rings. The number of carbonyl (C=O) groups is 1. The van der Waals surface area contributed by atoms with Crippen molar-refractivity contribution in [2.24, 2.45) is 5.73 Å². The maximum absolute atomic E-state index is 12.2. The third-order valence-electron chi connectivity index (χ3n) is 3.29. The van der Waals surface area contributed by atoms with Crippen molar-refractivity contribution in [3.05, 3.63) is 44.9 Å². The van der Waals surface area contributed by atoms with Crippen molar-refractivity contribution in [1.29, 1.82) is 0 Å². The van der Waals surface area contributed by atoms with Crippen LogP contribution in [0.1, 0.15) is 27.3 Å². The number of hydrogen-bond donors (Lipinski definition) is 2. The van der Waals surface area contributed by atoms with E-state index >= 15 is 0 Å². The first-order valence-corrected chi connectivity index (χ1v) is 8.04. The standard InChI is InChI=1S/C14H14BrN3OS/c15-9-3-1-2-8(6-9)13(19)18-14-17-11-5-4-10(16)7-12(11)20-14/h1-3,6,10H,4-5,7,16H2,(H,17,18,19)/t10-/m0/s1. The van der Waals surface area contributed by atoms with Crippen LogP contribution in [0, 0.1) is 0 Å². The van der Waals surface area contributed by atoms with Gasteiger partial charge in [-0.05, 0) is 37.5 Å². The fraction of sp³-hybridized carbons (Fsp3) is 0.286. The van der Waals surface area contributed by atoms with Crippen molar-refractivity contribution in [3.63, 3.8) is 0 Å². The number of halogens is 1. The van der Waals surface area contributed by atoms with Gasteiger partial charge in [-0.1, -0.05) is 22.0 Å². The predicted molar refractivity (Wildman–Crippen MR) is 84.2 cm³/mol. The lowest BCUT2D eigenvalue weighted by Gasteiger charge is -2.15. The Kier molecular flexibility index (Phi) is 3.87. The van der Waals surface area contributed by atoms with Crippen LogP contribution in [0.25, 0.3) is 0 Å². The maximum atomic E-state index is 12.2. The number of benzene rings is 1. The van der Waals surface area contributed by atoms with Gasteiger partial charge in [-0.2, -0.15) is 0 Å². The summed E-state index contributed by atoms with van der Waals surface area (Å²) < 4.78 is 0.884. The molecule has 0 aliphatic heterocycles. The molecule has 1 aromatic heterocycles. The zero-order valence-electron chi connectivity index (χ0n) is 10.7. The molecule has 3 rings (SSSR count). The van der Waals surface area contributed by atoms with E-state index < -0.39 is 0 Å². The van der Waals surface area contributed by atoms with Crippen molar-refractivity contribution < 1.29 is 4.79 Å². The summed E-state index contributed by atoms with van der Waals surface area (Å²) in [6.07, 6.45) is 2.73. The number of carbonyl (C=O) groups excluding carboxylic acids is 1. The SMILES string of the molecule is N[C@H]1CCc2nc(NC(=O)c3cccc(Br)c3)sc2C1. The molecule has 0 saturated heterocycles. The summed E-state index contributed by atoms with van der Waals surface area (Å²) in [5, 5.41) is 3.53. The molecule has 6 heteroatoms. The fourth-order valence-corrected chi connectivity index (χ4v) is 3.75. The first-order chi connectivity index (χ1) is 9.61. The minimum Gasteiger partial charge on any atom is -0.327 e. The number of rotatable bonds is 2. The van der Waals surface area contributed by atoms with Crippen LogP contribution >= 0.6 is 27.3 Å². The minimum atomic E-state index is -0.137. The molecule has 0 radical (unpaired) electrons. The van der Waals surface area contributed by atoms with Crippen LogP contribution in [0.5, 0.6) is 0 Å². The molecule has 0 saturated carbocycles. The van der Waals surface area contributed by atoms with E-state index in [0.29, 0.717) is 10.7 Å². The van der Waals surface area contributed by atoms with E-state index in [-0.39, 0.29) is 11.9 Å². The smallest absolute Gasteiger partial charge is 0.257 e. The number of hydrogen-bond acceptors (Lipinski definition) is 4. The molecule has 4 nitrogen and oxygen atoms in total. The van der Waals surface area contributed by atoms with Gasteiger partial charge in [-0.15, -0.1) is 11.3 Å². The molecule has 20 heavy (non-hydrogen) atoms. The number of aromatic nitrogens is 1. The van der Waals surface area contributed by atoms with Crippen molar-refractivity contribution in [2.75, 3.05) is 5.32 Å². The second-order valence-corrected chi connectivity index (χ2v) is 6.86. The van der Waals surface area contributed by atoms with Gasteiger partial charge in [0.05, 0.1) is 5.69 Å². The van der Waals surface area contributed by atoms with Crippen LogP contribution in [0.2, 0.25) is 0 Å². The largest absolute Gasteiger partial charge is 0.327 e. The van der Waals surface area contributed by atoms with E-state index in [1.807, 2.05) is 12.1 Å². The third-order valence-corrected chi connectivity index (χ3v) is 4.81. The average Bonchev–Trinajstić information content (AvgIpc) is 2.80. The molecule has 1 aliphatic carbocycles. The maximum Gasteiger partial charge on any atom is 0.257 e. The first-order valence-electron chi connectivity index (χ1n) is 6.43. The molecule has 2 aromatic rings. The molecule has 0 unspecified atom stereocenters. The minimum absolute atomic E-state index is 0.137. The summed E-state index contributed by atoms with van der Waals surface area (Å²) in [5.74, 6) is -0.137. The second kappa shape index (κ2) is 5.63. The number of nitrogens with one attached hydrogen (secondary N) is 1. The van der Waals surface area contributed by atoms with E-state index in [4.69, 9.17) is 5.73 Å². The number of nitrogens with two attached hydrogens (primary N) is 1. The summed E-state index contributed by atoms with van der Waals surface area (Å²) in [5.41, 5.74) is 7.65. The molecule has 1 aromatic carbocycles. The second-order valence-electron chi connectivity index (χ2n) is 4.86. The number of amides is 1. The Bertz CT molecular complexity index is 656. The fourth-order valence-electron chi connectivity index (χ4n) is 2.25. The van der Waals surface area contributed by atoms with Gasteiger partial charge in [0.25, 0.3) is 5.91 Å². The molecule has 0 bridgehead atoms. The topological polar surface area (TPSA) is 68.0 Å². The van der Waals surface area contributed by atoms with Gasteiger partial charge in [0.15, 0.2) is 5.13 Å². The number of aryl methyl sites for hydroxylation is 1.